The first-order valence-corrected chi connectivity index (χ1v) is 11.7. The fourth-order valence-corrected chi connectivity index (χ4v) is 3.01. The van der Waals surface area contributed by atoms with Gasteiger partial charge in [0, 0.05) is 26.2 Å². The zero-order chi connectivity index (χ0) is 31.3. The topological polar surface area (TPSA) is 162 Å². The van der Waals surface area contributed by atoms with Gasteiger partial charge in [-0.25, -0.2) is 29.1 Å². The van der Waals surface area contributed by atoms with Crippen molar-refractivity contribution in [3.63, 3.8) is 0 Å². The average molecular weight is 592 g/mol. The molecule has 1 fully saturated rings. The van der Waals surface area contributed by atoms with Crippen LogP contribution in [0.15, 0.2) is 12.4 Å². The van der Waals surface area contributed by atoms with Crippen LogP contribution in [0.3, 0.4) is 0 Å². The van der Waals surface area contributed by atoms with Gasteiger partial charge in [-0.15, -0.1) is 0 Å². The number of nitrogens with zero attached hydrogens (tertiary/aromatic N) is 4. The molecule has 1 aromatic heterocycles. The number of carboxylic acids is 2. The van der Waals surface area contributed by atoms with Crippen LogP contribution in [0.4, 0.5) is 37.0 Å². The average Bonchev–Trinajstić information content (AvgIpc) is 2.87. The molecule has 2 heterocycles. The molecule has 1 aliphatic heterocycles. The highest BCUT2D eigenvalue weighted by Crippen LogP contribution is 2.21. The number of unbranched alkanes of at least 4 members (excludes halogenated alkanes) is 1. The van der Waals surface area contributed by atoms with Crippen LogP contribution < -0.4 is 10.2 Å². The third kappa shape index (κ3) is 12.8. The molecule has 2 amide bonds. The van der Waals surface area contributed by atoms with Crippen molar-refractivity contribution in [1.82, 2.24) is 20.2 Å². The molecule has 0 aliphatic carbocycles. The van der Waals surface area contributed by atoms with Gasteiger partial charge in [0.1, 0.15) is 5.82 Å². The van der Waals surface area contributed by atoms with E-state index in [1.165, 1.54) is 13.3 Å². The first-order chi connectivity index (χ1) is 18.4. The maximum atomic E-state index is 12.5. The van der Waals surface area contributed by atoms with Crippen molar-refractivity contribution in [3.8, 4) is 0 Å². The van der Waals surface area contributed by atoms with E-state index in [-0.39, 0.29) is 17.8 Å². The molecule has 0 spiro atoms. The number of ether oxygens (including phenoxy) is 1. The molecule has 3 N–H and O–H groups in total. The third-order valence-electron chi connectivity index (χ3n) is 5.10. The highest BCUT2D eigenvalue weighted by atomic mass is 19.4. The van der Waals surface area contributed by atoms with Crippen molar-refractivity contribution in [1.29, 1.82) is 0 Å². The van der Waals surface area contributed by atoms with E-state index in [1.807, 2.05) is 4.90 Å². The molecular formula is C22H31F6N5O7. The van der Waals surface area contributed by atoms with Gasteiger partial charge in [-0.2, -0.15) is 26.3 Å². The minimum atomic E-state index is -5.08. The second kappa shape index (κ2) is 16.3. The normalized spacial score (nSPS) is 15.2. The molecule has 0 radical (unpaired) electrons. The predicted octanol–water partition coefficient (Wildman–Crippen LogP) is 3.19. The van der Waals surface area contributed by atoms with Gasteiger partial charge in [-0.05, 0) is 12.3 Å². The number of amides is 2. The number of esters is 1. The highest BCUT2D eigenvalue weighted by molar-refractivity contribution is 5.86. The van der Waals surface area contributed by atoms with Crippen molar-refractivity contribution in [2.24, 2.45) is 5.92 Å². The molecule has 0 aromatic carbocycles. The van der Waals surface area contributed by atoms with Gasteiger partial charge < -0.3 is 30.1 Å². The Morgan fingerprint density at radius 1 is 1.02 bits per heavy atom. The molecule has 228 valence electrons. The predicted molar refractivity (Wildman–Crippen MR) is 127 cm³/mol. The lowest BCUT2D eigenvalue weighted by Gasteiger charge is -2.43. The number of hydrogen-bond donors (Lipinski definition) is 3. The minimum Gasteiger partial charge on any atom is -0.475 e. The molecule has 18 heteroatoms. The fourth-order valence-electron chi connectivity index (χ4n) is 3.01. The molecule has 1 atom stereocenters. The molecule has 40 heavy (non-hydrogen) atoms. The Labute approximate surface area is 225 Å². The quantitative estimate of drug-likeness (QED) is 0.254. The number of rotatable bonds is 6. The van der Waals surface area contributed by atoms with E-state index in [4.69, 9.17) is 19.8 Å². The number of alkyl halides is 6. The number of aromatic nitrogens is 2. The Kier molecular flexibility index (Phi) is 14.7. The number of anilines is 1. The van der Waals surface area contributed by atoms with Crippen LogP contribution in [0.2, 0.25) is 0 Å². The number of carbonyl (C=O) groups is 4. The number of piperazine rings is 1. The molecule has 12 nitrogen and oxygen atoms in total. The maximum absolute atomic E-state index is 12.5. The smallest absolute Gasteiger partial charge is 0.475 e. The first kappa shape index (κ1) is 36.1. The van der Waals surface area contributed by atoms with Crippen LogP contribution in [0.1, 0.15) is 44.1 Å². The second-order valence-electron chi connectivity index (χ2n) is 8.39. The zero-order valence-electron chi connectivity index (χ0n) is 22.0. The van der Waals surface area contributed by atoms with Gasteiger partial charge in [-0.1, -0.05) is 27.2 Å². The van der Waals surface area contributed by atoms with E-state index in [9.17, 15) is 35.9 Å². The van der Waals surface area contributed by atoms with Crippen molar-refractivity contribution >= 4 is 29.8 Å². The molecular weight excluding hydrogens is 560 g/mol. The van der Waals surface area contributed by atoms with Crippen LogP contribution in [-0.2, 0) is 14.3 Å². The molecule has 1 aromatic rings. The summed E-state index contributed by atoms with van der Waals surface area (Å²) in [6.45, 7) is 9.04. The van der Waals surface area contributed by atoms with Gasteiger partial charge in [0.2, 0.25) is 0 Å². The summed E-state index contributed by atoms with van der Waals surface area (Å²) in [5.41, 5.74) is 0.186. The third-order valence-corrected chi connectivity index (χ3v) is 5.10. The SMILES string of the molecule is CCCCNC(=O)N1CCN(c2cnc(C(=O)OC)cn2)CC1C(C)C.O=C(O)C(F)(F)F.O=C(O)C(F)(F)F. The van der Waals surface area contributed by atoms with Gasteiger partial charge >= 0.3 is 36.3 Å². The number of carboxylic acid groups (broad SMARTS) is 2. The molecule has 1 unspecified atom stereocenters. The summed E-state index contributed by atoms with van der Waals surface area (Å²) in [5, 5.41) is 17.3. The minimum absolute atomic E-state index is 0.00363. The Morgan fingerprint density at radius 2 is 1.55 bits per heavy atom. The molecule has 0 bridgehead atoms. The highest BCUT2D eigenvalue weighted by Gasteiger charge is 2.39. The van der Waals surface area contributed by atoms with Crippen LogP contribution in [0.25, 0.3) is 0 Å². The maximum Gasteiger partial charge on any atom is 0.490 e. The van der Waals surface area contributed by atoms with Gasteiger partial charge in [0.05, 0.1) is 25.5 Å². The van der Waals surface area contributed by atoms with Crippen molar-refractivity contribution < 1.29 is 60.5 Å². The van der Waals surface area contributed by atoms with E-state index in [0.717, 1.165) is 12.8 Å². The van der Waals surface area contributed by atoms with E-state index in [2.05, 4.69) is 45.7 Å². The van der Waals surface area contributed by atoms with E-state index in [0.29, 0.717) is 37.9 Å². The van der Waals surface area contributed by atoms with Crippen LogP contribution >= 0.6 is 0 Å². The van der Waals surface area contributed by atoms with Crippen LogP contribution in [0.5, 0.6) is 0 Å². The van der Waals surface area contributed by atoms with E-state index < -0.39 is 30.3 Å². The summed E-state index contributed by atoms with van der Waals surface area (Å²) in [5.74, 6) is -5.00. The van der Waals surface area contributed by atoms with Crippen LogP contribution in [0, 0.1) is 5.92 Å². The Bertz CT molecular complexity index is 950. The lowest BCUT2D eigenvalue weighted by Crippen LogP contribution is -2.59. The van der Waals surface area contributed by atoms with E-state index >= 15 is 0 Å². The Morgan fingerprint density at radius 3 is 1.93 bits per heavy atom. The summed E-state index contributed by atoms with van der Waals surface area (Å²) in [6.07, 6.45) is -5.11. The summed E-state index contributed by atoms with van der Waals surface area (Å²) in [6, 6.07) is 0.0939. The summed E-state index contributed by atoms with van der Waals surface area (Å²) in [7, 11) is 1.32. The monoisotopic (exact) mass is 591 g/mol. The van der Waals surface area contributed by atoms with Crippen molar-refractivity contribution in [2.75, 3.05) is 38.2 Å². The lowest BCUT2D eigenvalue weighted by atomic mass is 10.00. The summed E-state index contributed by atoms with van der Waals surface area (Å²) >= 11 is 0. The number of aliphatic carboxylic acids is 2. The number of methoxy groups -OCH3 is 1. The van der Waals surface area contributed by atoms with Crippen LogP contribution in [-0.4, -0.2) is 101 Å². The number of hydrogen-bond acceptors (Lipinski definition) is 8. The fraction of sp³-hybridized carbons (Fsp3) is 0.636. The summed E-state index contributed by atoms with van der Waals surface area (Å²) in [4.78, 5) is 54.3. The molecule has 1 aliphatic rings. The van der Waals surface area contributed by atoms with Crippen molar-refractivity contribution in [3.05, 3.63) is 18.1 Å². The summed E-state index contributed by atoms with van der Waals surface area (Å²) < 4.78 is 68.1. The Hall–Kier alpha value is -3.86. The molecule has 1 saturated heterocycles. The Balaban J connectivity index is 0.000000894. The van der Waals surface area contributed by atoms with E-state index in [1.54, 1.807) is 6.20 Å². The number of nitrogens with one attached hydrogen (secondary N) is 1. The lowest BCUT2D eigenvalue weighted by molar-refractivity contribution is -0.193. The van der Waals surface area contributed by atoms with Gasteiger partial charge in [-0.3, -0.25) is 0 Å². The van der Waals surface area contributed by atoms with Crippen molar-refractivity contribution in [2.45, 2.75) is 52.0 Å². The standard InChI is InChI=1S/C18H29N5O3.2C2HF3O2/c1-5-6-7-19-18(25)23-9-8-22(12-15(23)13(2)3)16-11-20-14(10-21-16)17(24)26-4;2*3-2(4,5)1(6)7/h10-11,13,15H,5-9,12H2,1-4H3,(H,19,25);2*(H,6,7). The van der Waals surface area contributed by atoms with Gasteiger partial charge in [0.15, 0.2) is 5.69 Å². The van der Waals surface area contributed by atoms with Gasteiger partial charge in [0.25, 0.3) is 0 Å². The largest absolute Gasteiger partial charge is 0.490 e. The first-order valence-electron chi connectivity index (χ1n) is 11.7. The molecule has 0 saturated carbocycles. The zero-order valence-corrected chi connectivity index (χ0v) is 22.0. The number of halogens is 6. The second-order valence-corrected chi connectivity index (χ2v) is 8.39. The molecule has 2 rings (SSSR count). The number of urea groups is 1. The number of carbonyl (C=O) groups excluding carboxylic acids is 2.